The molecule has 2 aromatic rings. The maximum absolute atomic E-state index is 12.2. The molecule has 2 N–H and O–H groups in total. The van der Waals surface area contributed by atoms with Gasteiger partial charge >= 0.3 is 0 Å². The van der Waals surface area contributed by atoms with E-state index in [4.69, 9.17) is 4.74 Å². The highest BCUT2D eigenvalue weighted by Crippen LogP contribution is 2.30. The molecule has 2 unspecified atom stereocenters. The lowest BCUT2D eigenvalue weighted by Gasteiger charge is -2.16. The zero-order valence-corrected chi connectivity index (χ0v) is 16.9. The van der Waals surface area contributed by atoms with E-state index in [9.17, 15) is 4.79 Å². The molecule has 2 atom stereocenters. The van der Waals surface area contributed by atoms with Crippen LogP contribution >= 0.6 is 12.4 Å². The highest BCUT2D eigenvalue weighted by Gasteiger charge is 2.17. The summed E-state index contributed by atoms with van der Waals surface area (Å²) in [4.78, 5) is 12.2. The van der Waals surface area contributed by atoms with Crippen LogP contribution in [0, 0.1) is 5.92 Å². The van der Waals surface area contributed by atoms with Crippen molar-refractivity contribution in [2.75, 3.05) is 20.2 Å². The zero-order valence-electron chi connectivity index (χ0n) is 16.0. The molecule has 0 aliphatic carbocycles. The second-order valence-electron chi connectivity index (χ2n) is 7.01. The Morgan fingerprint density at radius 1 is 1.22 bits per heavy atom. The Labute approximate surface area is 168 Å². The van der Waals surface area contributed by atoms with Crippen molar-refractivity contribution in [1.29, 1.82) is 0 Å². The maximum Gasteiger partial charge on any atom is 0.220 e. The Hall–Kier alpha value is -2.04. The molecule has 1 aliphatic rings. The number of methoxy groups -OCH3 is 1. The normalized spacial score (nSPS) is 17.0. The van der Waals surface area contributed by atoms with Crippen LogP contribution in [0.15, 0.2) is 48.5 Å². The first-order valence-corrected chi connectivity index (χ1v) is 9.41. The highest BCUT2D eigenvalue weighted by molar-refractivity contribution is 5.85. The summed E-state index contributed by atoms with van der Waals surface area (Å²) in [5, 5.41) is 6.47. The van der Waals surface area contributed by atoms with Gasteiger partial charge in [-0.3, -0.25) is 4.79 Å². The van der Waals surface area contributed by atoms with E-state index in [1.807, 2.05) is 25.1 Å². The summed E-state index contributed by atoms with van der Waals surface area (Å²) < 4.78 is 5.44. The quantitative estimate of drug-likeness (QED) is 0.741. The van der Waals surface area contributed by atoms with Crippen molar-refractivity contribution in [3.8, 4) is 16.9 Å². The van der Waals surface area contributed by atoms with Gasteiger partial charge in [0.25, 0.3) is 0 Å². The molecule has 0 aromatic heterocycles. The first-order chi connectivity index (χ1) is 12.7. The number of nitrogens with one attached hydrogen (secondary N) is 2. The molecule has 0 saturated carbocycles. The molecular formula is C22H29ClN2O2. The fourth-order valence-electron chi connectivity index (χ4n) is 3.53. The van der Waals surface area contributed by atoms with E-state index < -0.39 is 0 Å². The van der Waals surface area contributed by atoms with Crippen LogP contribution in [0.2, 0.25) is 0 Å². The molecular weight excluding hydrogens is 360 g/mol. The largest absolute Gasteiger partial charge is 0.496 e. The van der Waals surface area contributed by atoms with Gasteiger partial charge in [0.05, 0.1) is 13.2 Å². The molecule has 1 saturated heterocycles. The molecule has 3 rings (SSSR count). The molecule has 1 fully saturated rings. The SMILES string of the molecule is COc1ccccc1-c1ccc(C(C)NC(=O)CCC2CCNC2)cc1.Cl. The summed E-state index contributed by atoms with van der Waals surface area (Å²) in [5.74, 6) is 1.65. The maximum atomic E-state index is 12.2. The lowest BCUT2D eigenvalue weighted by atomic mass is 10.00. The van der Waals surface area contributed by atoms with Crippen LogP contribution < -0.4 is 15.4 Å². The molecule has 0 radical (unpaired) electrons. The number of ether oxygens (including phenoxy) is 1. The summed E-state index contributed by atoms with van der Waals surface area (Å²) in [6.07, 6.45) is 2.77. The van der Waals surface area contributed by atoms with Crippen molar-refractivity contribution in [1.82, 2.24) is 10.6 Å². The smallest absolute Gasteiger partial charge is 0.220 e. The summed E-state index contributed by atoms with van der Waals surface area (Å²) >= 11 is 0. The minimum atomic E-state index is 0. The number of carbonyl (C=O) groups excluding carboxylic acids is 1. The molecule has 5 heteroatoms. The fraction of sp³-hybridized carbons (Fsp3) is 0.409. The van der Waals surface area contributed by atoms with Crippen LogP contribution in [0.1, 0.15) is 37.8 Å². The first-order valence-electron chi connectivity index (χ1n) is 9.41. The van der Waals surface area contributed by atoms with E-state index in [2.05, 4.69) is 41.0 Å². The van der Waals surface area contributed by atoms with E-state index in [1.165, 1.54) is 6.42 Å². The molecule has 0 bridgehead atoms. The van der Waals surface area contributed by atoms with Gasteiger partial charge < -0.3 is 15.4 Å². The number of hydrogen-bond acceptors (Lipinski definition) is 3. The van der Waals surface area contributed by atoms with Gasteiger partial charge in [0.2, 0.25) is 5.91 Å². The van der Waals surface area contributed by atoms with Gasteiger partial charge in [-0.15, -0.1) is 12.4 Å². The first kappa shape index (κ1) is 21.3. The minimum absolute atomic E-state index is 0. The number of benzene rings is 2. The monoisotopic (exact) mass is 388 g/mol. The van der Waals surface area contributed by atoms with Crippen LogP contribution in [0.3, 0.4) is 0 Å². The fourth-order valence-corrected chi connectivity index (χ4v) is 3.53. The number of hydrogen-bond donors (Lipinski definition) is 2. The molecule has 4 nitrogen and oxygen atoms in total. The molecule has 146 valence electrons. The van der Waals surface area contributed by atoms with Crippen molar-refractivity contribution in [2.45, 2.75) is 32.2 Å². The van der Waals surface area contributed by atoms with Gasteiger partial charge in [0, 0.05) is 12.0 Å². The predicted molar refractivity (Wildman–Crippen MR) is 112 cm³/mol. The third kappa shape index (κ3) is 5.72. The number of carbonyl (C=O) groups is 1. The van der Waals surface area contributed by atoms with Gasteiger partial charge in [-0.25, -0.2) is 0 Å². The molecule has 2 aromatic carbocycles. The van der Waals surface area contributed by atoms with Gasteiger partial charge in [-0.1, -0.05) is 42.5 Å². The summed E-state index contributed by atoms with van der Waals surface area (Å²) in [6.45, 7) is 4.17. The Morgan fingerprint density at radius 3 is 2.63 bits per heavy atom. The summed E-state index contributed by atoms with van der Waals surface area (Å²) in [7, 11) is 1.69. The predicted octanol–water partition coefficient (Wildman–Crippen LogP) is 4.35. The highest BCUT2D eigenvalue weighted by atomic mass is 35.5. The number of rotatable bonds is 7. The number of halogens is 1. The summed E-state index contributed by atoms with van der Waals surface area (Å²) in [5.41, 5.74) is 3.29. The van der Waals surface area contributed by atoms with Crippen LogP contribution in [0.25, 0.3) is 11.1 Å². The van der Waals surface area contributed by atoms with Crippen LogP contribution in [-0.4, -0.2) is 26.1 Å². The topological polar surface area (TPSA) is 50.4 Å². The van der Waals surface area contributed by atoms with Gasteiger partial charge in [0.15, 0.2) is 0 Å². The Morgan fingerprint density at radius 2 is 1.96 bits per heavy atom. The molecule has 27 heavy (non-hydrogen) atoms. The van der Waals surface area contributed by atoms with Crippen molar-refractivity contribution in [3.05, 3.63) is 54.1 Å². The van der Waals surface area contributed by atoms with Crippen LogP contribution in [0.5, 0.6) is 5.75 Å². The van der Waals surface area contributed by atoms with Gasteiger partial charge in [-0.05, 0) is 56.0 Å². The van der Waals surface area contributed by atoms with E-state index in [1.54, 1.807) is 7.11 Å². The number of amides is 1. The third-order valence-corrected chi connectivity index (χ3v) is 5.15. The van der Waals surface area contributed by atoms with E-state index in [0.717, 1.165) is 42.0 Å². The van der Waals surface area contributed by atoms with Gasteiger partial charge in [-0.2, -0.15) is 0 Å². The van der Waals surface area contributed by atoms with E-state index >= 15 is 0 Å². The molecule has 1 aliphatic heterocycles. The Balaban J connectivity index is 0.00000261. The minimum Gasteiger partial charge on any atom is -0.496 e. The van der Waals surface area contributed by atoms with Crippen LogP contribution in [-0.2, 0) is 4.79 Å². The van der Waals surface area contributed by atoms with E-state index in [0.29, 0.717) is 12.3 Å². The second-order valence-corrected chi connectivity index (χ2v) is 7.01. The summed E-state index contributed by atoms with van der Waals surface area (Å²) in [6, 6.07) is 16.3. The molecule has 0 spiro atoms. The van der Waals surface area contributed by atoms with Crippen molar-refractivity contribution in [2.24, 2.45) is 5.92 Å². The number of para-hydroxylation sites is 1. The Bertz CT molecular complexity index is 727. The van der Waals surface area contributed by atoms with Crippen molar-refractivity contribution in [3.63, 3.8) is 0 Å². The Kier molecular flexibility index (Phi) is 8.14. The van der Waals surface area contributed by atoms with E-state index in [-0.39, 0.29) is 24.4 Å². The van der Waals surface area contributed by atoms with Crippen LogP contribution in [0.4, 0.5) is 0 Å². The zero-order chi connectivity index (χ0) is 18.4. The second kappa shape index (κ2) is 10.3. The molecule has 1 amide bonds. The standard InChI is InChI=1S/C22H28N2O2.ClH/c1-16(24-22(25)12-7-17-13-14-23-15-17)18-8-10-19(11-9-18)20-5-3-4-6-21(20)26-2;/h3-6,8-11,16-17,23H,7,12-15H2,1-2H3,(H,24,25);1H. The average molecular weight is 389 g/mol. The third-order valence-electron chi connectivity index (χ3n) is 5.15. The molecule has 1 heterocycles. The lowest BCUT2D eigenvalue weighted by molar-refractivity contribution is -0.122. The average Bonchev–Trinajstić information content (AvgIpc) is 3.20. The lowest BCUT2D eigenvalue weighted by Crippen LogP contribution is -2.27. The van der Waals surface area contributed by atoms with Gasteiger partial charge in [0.1, 0.15) is 5.75 Å². The van der Waals surface area contributed by atoms with Crippen molar-refractivity contribution < 1.29 is 9.53 Å². The van der Waals surface area contributed by atoms with Crippen molar-refractivity contribution >= 4 is 18.3 Å².